The SMILES string of the molecule is [B]c1cc([B])c2c(oc3c([B])c([B])c([B])c([B])c32)c1[B]. The van der Waals surface area contributed by atoms with Gasteiger partial charge in [-0.1, -0.05) is 27.9 Å². The van der Waals surface area contributed by atoms with Gasteiger partial charge >= 0.3 is 0 Å². The third-order valence-electron chi connectivity index (χ3n) is 3.45. The minimum Gasteiger partial charge on any atom is -0.457 e. The van der Waals surface area contributed by atoms with Crippen molar-refractivity contribution >= 4 is 115 Å². The summed E-state index contributed by atoms with van der Waals surface area (Å²) in [6.07, 6.45) is 0. The molecule has 0 aliphatic heterocycles. The van der Waals surface area contributed by atoms with Crippen LogP contribution in [-0.2, 0) is 0 Å². The van der Waals surface area contributed by atoms with E-state index >= 15 is 0 Å². The van der Waals surface area contributed by atoms with Crippen LogP contribution in [0.5, 0.6) is 0 Å². The number of hydrogen-bond acceptors (Lipinski definition) is 1. The summed E-state index contributed by atoms with van der Waals surface area (Å²) >= 11 is 0. The van der Waals surface area contributed by atoms with E-state index in [0.29, 0.717) is 32.9 Å². The van der Waals surface area contributed by atoms with Crippen LogP contribution in [0.1, 0.15) is 0 Å². The molecule has 0 amide bonds. The van der Waals surface area contributed by atoms with Crippen molar-refractivity contribution in [2.24, 2.45) is 0 Å². The Labute approximate surface area is 126 Å². The Hall–Kier alpha value is -1.31. The molecule has 0 aliphatic rings. The second-order valence-corrected chi connectivity index (χ2v) is 4.63. The van der Waals surface area contributed by atoms with Crippen LogP contribution in [0.25, 0.3) is 21.9 Å². The molecule has 0 fully saturated rings. The van der Waals surface area contributed by atoms with E-state index in [2.05, 4.69) is 0 Å². The highest BCUT2D eigenvalue weighted by molar-refractivity contribution is 6.68. The van der Waals surface area contributed by atoms with Gasteiger partial charge < -0.3 is 4.42 Å². The van der Waals surface area contributed by atoms with Crippen molar-refractivity contribution in [1.82, 2.24) is 0 Å². The van der Waals surface area contributed by atoms with E-state index in [9.17, 15) is 0 Å². The maximum absolute atomic E-state index is 6.01. The molecule has 0 bridgehead atoms. The van der Waals surface area contributed by atoms with Crippen LogP contribution in [0.3, 0.4) is 0 Å². The molecule has 2 aromatic carbocycles. The summed E-state index contributed by atoms with van der Waals surface area (Å²) in [5, 5.41) is 1.02. The lowest BCUT2D eigenvalue weighted by Gasteiger charge is -2.12. The zero-order chi connectivity index (χ0) is 14.8. The number of furan rings is 1. The zero-order valence-electron chi connectivity index (χ0n) is 10.5. The van der Waals surface area contributed by atoms with Crippen LogP contribution in [0.2, 0.25) is 0 Å². The van der Waals surface area contributed by atoms with E-state index < -0.39 is 0 Å². The van der Waals surface area contributed by atoms with Crippen LogP contribution in [0.4, 0.5) is 0 Å². The Bertz CT molecular complexity index is 881. The van der Waals surface area contributed by atoms with Gasteiger partial charge in [0.15, 0.2) is 0 Å². The smallest absolute Gasteiger partial charge is 0.127 e. The maximum Gasteiger partial charge on any atom is 0.127 e. The molecule has 0 atom stereocenters. The average Bonchev–Trinajstić information content (AvgIpc) is 2.81. The number of benzene rings is 2. The topological polar surface area (TPSA) is 13.1 Å². The van der Waals surface area contributed by atoms with Crippen molar-refractivity contribution in [2.75, 3.05) is 0 Å². The van der Waals surface area contributed by atoms with Crippen LogP contribution in [-0.4, -0.2) is 54.9 Å². The molecule has 14 radical (unpaired) electrons. The van der Waals surface area contributed by atoms with Gasteiger partial charge in [0.05, 0.1) is 0 Å². The standard InChI is InChI=1S/C12HB7O/c13-2-1-3(14)6(15)11-4(2)5-7(16)8(17)9(18)10(19)12(5)20-11/h1H. The van der Waals surface area contributed by atoms with Crippen LogP contribution >= 0.6 is 0 Å². The summed E-state index contributed by atoms with van der Waals surface area (Å²) in [4.78, 5) is 0. The zero-order valence-corrected chi connectivity index (χ0v) is 10.5. The molecule has 1 aromatic heterocycles. The highest BCUT2D eigenvalue weighted by atomic mass is 16.3. The molecule has 0 aliphatic carbocycles. The number of hydrogen-bond donors (Lipinski definition) is 0. The van der Waals surface area contributed by atoms with Gasteiger partial charge in [-0.25, -0.2) is 0 Å². The normalized spacial score (nSPS) is 11.4. The van der Waals surface area contributed by atoms with E-state index in [0.717, 1.165) is 0 Å². The third kappa shape index (κ3) is 1.60. The van der Waals surface area contributed by atoms with E-state index in [-0.39, 0.29) is 27.3 Å². The van der Waals surface area contributed by atoms with Gasteiger partial charge in [-0.15, -0.1) is 16.4 Å². The fourth-order valence-electron chi connectivity index (χ4n) is 2.34. The van der Waals surface area contributed by atoms with Gasteiger partial charge in [0, 0.05) is 10.8 Å². The molecule has 76 valence electrons. The largest absolute Gasteiger partial charge is 0.457 e. The van der Waals surface area contributed by atoms with Crippen molar-refractivity contribution in [3.63, 3.8) is 0 Å². The molecule has 1 nitrogen and oxygen atoms in total. The minimum absolute atomic E-state index is 0.166. The number of fused-ring (bicyclic) bond motifs is 3. The van der Waals surface area contributed by atoms with Crippen molar-refractivity contribution < 1.29 is 4.42 Å². The third-order valence-corrected chi connectivity index (χ3v) is 3.45. The molecule has 0 spiro atoms. The molecule has 0 unspecified atom stereocenters. The monoisotopic (exact) mass is 238 g/mol. The van der Waals surface area contributed by atoms with Crippen LogP contribution in [0.15, 0.2) is 10.5 Å². The summed E-state index contributed by atoms with van der Waals surface area (Å²) in [6, 6.07) is 1.54. The lowest BCUT2D eigenvalue weighted by molar-refractivity contribution is 0.675. The van der Waals surface area contributed by atoms with Crippen molar-refractivity contribution in [3.05, 3.63) is 6.07 Å². The van der Waals surface area contributed by atoms with Gasteiger partial charge in [-0.3, -0.25) is 0 Å². The van der Waals surface area contributed by atoms with Crippen molar-refractivity contribution in [1.29, 1.82) is 0 Å². The van der Waals surface area contributed by atoms with Gasteiger partial charge in [-0.2, -0.15) is 0 Å². The first-order valence-electron chi connectivity index (χ1n) is 5.76. The van der Waals surface area contributed by atoms with Gasteiger partial charge in [0.25, 0.3) is 0 Å². The summed E-state index contributed by atoms with van der Waals surface area (Å²) in [6.45, 7) is 0. The first-order valence-corrected chi connectivity index (χ1v) is 5.76. The van der Waals surface area contributed by atoms with Crippen molar-refractivity contribution in [3.8, 4) is 0 Å². The first-order chi connectivity index (χ1) is 9.34. The molecular weight excluding hydrogens is 236 g/mol. The second kappa shape index (κ2) is 4.34. The summed E-state index contributed by atoms with van der Waals surface area (Å²) < 4.78 is 5.67. The lowest BCUT2D eigenvalue weighted by atomic mass is 9.65. The molecule has 0 saturated carbocycles. The van der Waals surface area contributed by atoms with E-state index in [1.54, 1.807) is 0 Å². The molecule has 3 rings (SSSR count). The van der Waals surface area contributed by atoms with Gasteiger partial charge in [-0.05, 0) is 0 Å². The lowest BCUT2D eigenvalue weighted by Crippen LogP contribution is -2.47. The summed E-state index contributed by atoms with van der Waals surface area (Å²) in [5.41, 5.74) is 2.37. The molecule has 0 N–H and O–H groups in total. The average molecular weight is 237 g/mol. The van der Waals surface area contributed by atoms with Gasteiger partial charge in [0.1, 0.15) is 66.1 Å². The molecule has 20 heavy (non-hydrogen) atoms. The Kier molecular flexibility index (Phi) is 2.97. The summed E-state index contributed by atoms with van der Waals surface area (Å²) in [7, 11) is 41.2. The predicted octanol–water partition coefficient (Wildman–Crippen LogP) is -4.86. The Morgan fingerprint density at radius 1 is 0.550 bits per heavy atom. The Balaban J connectivity index is 2.71. The quantitative estimate of drug-likeness (QED) is 0.357. The van der Waals surface area contributed by atoms with E-state index in [1.807, 2.05) is 0 Å². The highest BCUT2D eigenvalue weighted by Crippen LogP contribution is 2.21. The van der Waals surface area contributed by atoms with Crippen LogP contribution in [0, 0.1) is 0 Å². The maximum atomic E-state index is 6.01. The summed E-state index contributed by atoms with van der Waals surface area (Å²) in [5.74, 6) is 0. The second-order valence-electron chi connectivity index (χ2n) is 4.63. The minimum atomic E-state index is 0.166. The Morgan fingerprint density at radius 2 is 1.10 bits per heavy atom. The Morgan fingerprint density at radius 3 is 1.75 bits per heavy atom. The predicted molar refractivity (Wildman–Crippen MR) is 91.4 cm³/mol. The molecule has 8 heteroatoms. The van der Waals surface area contributed by atoms with E-state index in [1.165, 1.54) is 6.07 Å². The highest BCUT2D eigenvalue weighted by Gasteiger charge is 2.17. The molecule has 3 aromatic rings. The van der Waals surface area contributed by atoms with E-state index in [4.69, 9.17) is 59.3 Å². The fourth-order valence-corrected chi connectivity index (χ4v) is 2.34. The van der Waals surface area contributed by atoms with Gasteiger partial charge in [0.2, 0.25) is 0 Å². The van der Waals surface area contributed by atoms with Crippen LogP contribution < -0.4 is 38.2 Å². The molecule has 0 saturated heterocycles. The number of rotatable bonds is 0. The van der Waals surface area contributed by atoms with Crippen molar-refractivity contribution in [2.45, 2.75) is 0 Å². The first kappa shape index (κ1) is 13.7. The molecular formula is C12HB7O. The molecule has 1 heterocycles. The fraction of sp³-hybridized carbons (Fsp3) is 0.